The molecule has 0 bridgehead atoms. The number of nitrogens with one attached hydrogen (secondary N) is 1. The first-order valence-corrected chi connectivity index (χ1v) is 11.0. The van der Waals surface area contributed by atoms with Gasteiger partial charge in [0.1, 0.15) is 5.76 Å². The molecule has 0 saturated heterocycles. The fourth-order valence-corrected chi connectivity index (χ4v) is 4.16. The molecule has 3 aromatic rings. The van der Waals surface area contributed by atoms with E-state index in [1.807, 2.05) is 30.3 Å². The Balaban J connectivity index is 1.43. The zero-order valence-electron chi connectivity index (χ0n) is 15.4. The zero-order chi connectivity index (χ0) is 19.8. The SMILES string of the molecule is O=C(NCCCc1ccccc1)c1ccc(C[S@@](=O)Cc2cccc(Cl)c2)o1. The maximum atomic E-state index is 12.3. The minimum absolute atomic E-state index is 0.245. The first-order chi connectivity index (χ1) is 13.6. The van der Waals surface area contributed by atoms with Crippen LogP contribution >= 0.6 is 11.6 Å². The Morgan fingerprint density at radius 1 is 0.964 bits per heavy atom. The fourth-order valence-electron chi connectivity index (χ4n) is 2.83. The molecule has 28 heavy (non-hydrogen) atoms. The van der Waals surface area contributed by atoms with Gasteiger partial charge in [0.05, 0.1) is 5.75 Å². The Morgan fingerprint density at radius 3 is 2.54 bits per heavy atom. The topological polar surface area (TPSA) is 59.3 Å². The van der Waals surface area contributed by atoms with Gasteiger partial charge in [-0.3, -0.25) is 9.00 Å². The normalized spacial score (nSPS) is 11.9. The molecule has 3 rings (SSSR count). The lowest BCUT2D eigenvalue weighted by atomic mass is 10.1. The van der Waals surface area contributed by atoms with Gasteiger partial charge in [-0.1, -0.05) is 54.1 Å². The average molecular weight is 416 g/mol. The van der Waals surface area contributed by atoms with E-state index in [1.165, 1.54) is 5.56 Å². The molecule has 1 atom stereocenters. The van der Waals surface area contributed by atoms with Crippen LogP contribution in [0.5, 0.6) is 0 Å². The Hall–Kier alpha value is -2.37. The molecule has 2 aromatic carbocycles. The second-order valence-electron chi connectivity index (χ2n) is 6.47. The summed E-state index contributed by atoms with van der Waals surface area (Å²) >= 11 is 5.95. The van der Waals surface area contributed by atoms with E-state index < -0.39 is 10.8 Å². The molecule has 0 radical (unpaired) electrons. The van der Waals surface area contributed by atoms with Crippen LogP contribution in [0.2, 0.25) is 5.02 Å². The summed E-state index contributed by atoms with van der Waals surface area (Å²) in [6.07, 6.45) is 1.76. The summed E-state index contributed by atoms with van der Waals surface area (Å²) in [7, 11) is -1.14. The number of benzene rings is 2. The second kappa shape index (κ2) is 10.2. The van der Waals surface area contributed by atoms with E-state index in [4.69, 9.17) is 16.0 Å². The number of carbonyl (C=O) groups is 1. The monoisotopic (exact) mass is 415 g/mol. The summed E-state index contributed by atoms with van der Waals surface area (Å²) in [5.41, 5.74) is 2.16. The smallest absolute Gasteiger partial charge is 0.286 e. The van der Waals surface area contributed by atoms with Gasteiger partial charge in [0.15, 0.2) is 5.76 Å². The van der Waals surface area contributed by atoms with Crippen LogP contribution in [0.25, 0.3) is 0 Å². The summed E-state index contributed by atoms with van der Waals surface area (Å²) in [5, 5.41) is 3.48. The third kappa shape index (κ3) is 6.36. The van der Waals surface area contributed by atoms with Crippen LogP contribution < -0.4 is 5.32 Å². The van der Waals surface area contributed by atoms with Crippen molar-refractivity contribution in [2.24, 2.45) is 0 Å². The van der Waals surface area contributed by atoms with Crippen LogP contribution in [0.4, 0.5) is 0 Å². The number of hydrogen-bond acceptors (Lipinski definition) is 3. The van der Waals surface area contributed by atoms with E-state index >= 15 is 0 Å². The van der Waals surface area contributed by atoms with Crippen molar-refractivity contribution in [3.05, 3.63) is 94.4 Å². The van der Waals surface area contributed by atoms with E-state index in [0.717, 1.165) is 18.4 Å². The van der Waals surface area contributed by atoms with Gasteiger partial charge in [-0.05, 0) is 48.2 Å². The van der Waals surface area contributed by atoms with Crippen LogP contribution in [0, 0.1) is 0 Å². The number of aryl methyl sites for hydroxylation is 1. The average Bonchev–Trinajstić information content (AvgIpc) is 3.14. The minimum atomic E-state index is -1.14. The Kier molecular flexibility index (Phi) is 7.46. The van der Waals surface area contributed by atoms with Crippen LogP contribution in [0.15, 0.2) is 71.1 Å². The molecule has 1 aromatic heterocycles. The van der Waals surface area contributed by atoms with E-state index in [1.54, 1.807) is 24.3 Å². The van der Waals surface area contributed by atoms with E-state index in [2.05, 4.69) is 17.4 Å². The van der Waals surface area contributed by atoms with E-state index in [-0.39, 0.29) is 17.4 Å². The van der Waals surface area contributed by atoms with Crippen molar-refractivity contribution in [3.63, 3.8) is 0 Å². The van der Waals surface area contributed by atoms with Gasteiger partial charge < -0.3 is 9.73 Å². The summed E-state index contributed by atoms with van der Waals surface area (Å²) in [6, 6.07) is 20.8. The van der Waals surface area contributed by atoms with Gasteiger partial charge in [-0.25, -0.2) is 0 Å². The molecule has 4 nitrogen and oxygen atoms in total. The van der Waals surface area contributed by atoms with Crippen molar-refractivity contribution in [1.82, 2.24) is 5.32 Å². The minimum Gasteiger partial charge on any atom is -0.455 e. The molecule has 1 amide bonds. The Bertz CT molecular complexity index is 940. The molecule has 1 N–H and O–H groups in total. The largest absolute Gasteiger partial charge is 0.455 e. The second-order valence-corrected chi connectivity index (χ2v) is 8.36. The molecule has 6 heteroatoms. The maximum Gasteiger partial charge on any atom is 0.286 e. The number of rotatable bonds is 9. The molecule has 1 heterocycles. The van der Waals surface area contributed by atoms with Gasteiger partial charge in [-0.15, -0.1) is 0 Å². The maximum absolute atomic E-state index is 12.3. The fraction of sp³-hybridized carbons (Fsp3) is 0.227. The molecular formula is C22H22ClNO3S. The first-order valence-electron chi connectivity index (χ1n) is 9.10. The van der Waals surface area contributed by atoms with Gasteiger partial charge in [0.25, 0.3) is 5.91 Å². The highest BCUT2D eigenvalue weighted by Gasteiger charge is 2.13. The van der Waals surface area contributed by atoms with Crippen molar-refractivity contribution in [2.45, 2.75) is 24.3 Å². The molecule has 0 aliphatic carbocycles. The van der Waals surface area contributed by atoms with Crippen LogP contribution in [-0.4, -0.2) is 16.7 Å². The highest BCUT2D eigenvalue weighted by molar-refractivity contribution is 7.83. The summed E-state index contributed by atoms with van der Waals surface area (Å²) in [5.74, 6) is 1.18. The van der Waals surface area contributed by atoms with Gasteiger partial charge in [0, 0.05) is 28.1 Å². The lowest BCUT2D eigenvalue weighted by Crippen LogP contribution is -2.24. The summed E-state index contributed by atoms with van der Waals surface area (Å²) in [4.78, 5) is 12.2. The highest BCUT2D eigenvalue weighted by Crippen LogP contribution is 2.15. The number of halogens is 1. The van der Waals surface area contributed by atoms with Crippen LogP contribution in [0.1, 0.15) is 33.9 Å². The first kappa shape index (κ1) is 20.4. The van der Waals surface area contributed by atoms with Crippen molar-refractivity contribution in [2.75, 3.05) is 6.54 Å². The van der Waals surface area contributed by atoms with Crippen molar-refractivity contribution >= 4 is 28.3 Å². The van der Waals surface area contributed by atoms with Crippen LogP contribution in [-0.2, 0) is 28.7 Å². The van der Waals surface area contributed by atoms with Crippen molar-refractivity contribution in [3.8, 4) is 0 Å². The zero-order valence-corrected chi connectivity index (χ0v) is 17.0. The lowest BCUT2D eigenvalue weighted by molar-refractivity contribution is 0.0924. The molecular weight excluding hydrogens is 394 g/mol. The molecule has 0 fully saturated rings. The molecule has 0 saturated carbocycles. The molecule has 0 spiro atoms. The summed E-state index contributed by atoms with van der Waals surface area (Å²) in [6.45, 7) is 0.574. The van der Waals surface area contributed by atoms with E-state index in [9.17, 15) is 9.00 Å². The van der Waals surface area contributed by atoms with Gasteiger partial charge in [-0.2, -0.15) is 0 Å². The Morgan fingerprint density at radius 2 is 1.75 bits per heavy atom. The molecule has 146 valence electrons. The number of amides is 1. The molecule has 0 aliphatic rings. The predicted molar refractivity (Wildman–Crippen MR) is 113 cm³/mol. The highest BCUT2D eigenvalue weighted by atomic mass is 35.5. The standard InChI is InChI=1S/C22H22ClNO3S/c23-19-10-4-8-18(14-19)15-28(26)16-20-11-12-21(27-20)22(25)24-13-5-9-17-6-2-1-3-7-17/h1-4,6-8,10-12,14H,5,9,13,15-16H2,(H,24,25)/t28-/m0/s1. The lowest BCUT2D eigenvalue weighted by Gasteiger charge is -2.04. The van der Waals surface area contributed by atoms with Crippen molar-refractivity contribution < 1.29 is 13.4 Å². The number of furan rings is 1. The van der Waals surface area contributed by atoms with Crippen molar-refractivity contribution in [1.29, 1.82) is 0 Å². The van der Waals surface area contributed by atoms with E-state index in [0.29, 0.717) is 23.1 Å². The quantitative estimate of drug-likeness (QED) is 0.513. The van der Waals surface area contributed by atoms with Gasteiger partial charge >= 0.3 is 0 Å². The summed E-state index contributed by atoms with van der Waals surface area (Å²) < 4.78 is 17.9. The third-order valence-corrected chi connectivity index (χ3v) is 5.67. The Labute approximate surface area is 172 Å². The number of carbonyl (C=O) groups excluding carboxylic acids is 1. The third-order valence-electron chi connectivity index (χ3n) is 4.18. The van der Waals surface area contributed by atoms with Gasteiger partial charge in [0.2, 0.25) is 0 Å². The van der Waals surface area contributed by atoms with Crippen LogP contribution in [0.3, 0.4) is 0 Å². The predicted octanol–water partition coefficient (Wildman–Crippen LogP) is 4.74. The molecule has 0 unspecified atom stereocenters. The number of hydrogen-bond donors (Lipinski definition) is 1. The molecule has 0 aliphatic heterocycles.